The third-order valence-corrected chi connectivity index (χ3v) is 5.98. The molecule has 3 rings (SSSR count). The number of hydrogen-bond donors (Lipinski definition) is 1. The van der Waals surface area contributed by atoms with Crippen molar-refractivity contribution in [1.29, 1.82) is 0 Å². The van der Waals surface area contributed by atoms with Gasteiger partial charge in [-0.15, -0.1) is 0 Å². The monoisotopic (exact) mass is 431 g/mol. The molecule has 0 aromatic heterocycles. The molecule has 1 fully saturated rings. The molecular weight excluding hydrogens is 406 g/mol. The van der Waals surface area contributed by atoms with Crippen LogP contribution < -0.4 is 5.32 Å². The molecule has 2 amide bonds. The molecule has 1 heterocycles. The Morgan fingerprint density at radius 2 is 1.90 bits per heavy atom. The molecule has 1 N–H and O–H groups in total. The van der Waals surface area contributed by atoms with Crippen LogP contribution in [0.25, 0.3) is 0 Å². The van der Waals surface area contributed by atoms with E-state index in [2.05, 4.69) is 5.32 Å². The lowest BCUT2D eigenvalue weighted by molar-refractivity contribution is -0.117. The van der Waals surface area contributed by atoms with Gasteiger partial charge in [0.2, 0.25) is 5.91 Å². The molecule has 1 saturated heterocycles. The molecule has 0 spiro atoms. The lowest BCUT2D eigenvalue weighted by Gasteiger charge is -2.26. The zero-order chi connectivity index (χ0) is 20.6. The van der Waals surface area contributed by atoms with E-state index < -0.39 is 0 Å². The molecule has 5 nitrogen and oxygen atoms in total. The van der Waals surface area contributed by atoms with Crippen LogP contribution in [-0.2, 0) is 11.3 Å². The molecule has 0 aliphatic carbocycles. The zero-order valence-electron chi connectivity index (χ0n) is 16.6. The van der Waals surface area contributed by atoms with Crippen LogP contribution in [0, 0.1) is 0 Å². The maximum absolute atomic E-state index is 12.7. The summed E-state index contributed by atoms with van der Waals surface area (Å²) in [4.78, 5) is 29.1. The van der Waals surface area contributed by atoms with Crippen molar-refractivity contribution in [3.05, 3.63) is 64.7 Å². The second-order valence-corrected chi connectivity index (χ2v) is 8.63. The number of benzene rings is 2. The van der Waals surface area contributed by atoms with E-state index in [-0.39, 0.29) is 18.4 Å². The maximum Gasteiger partial charge on any atom is 0.253 e. The van der Waals surface area contributed by atoms with Crippen molar-refractivity contribution in [2.24, 2.45) is 0 Å². The fraction of sp³-hybridized carbons (Fsp3) is 0.364. The molecule has 0 saturated carbocycles. The predicted octanol–water partition coefficient (Wildman–Crippen LogP) is 3.99. The number of rotatable bonds is 7. The van der Waals surface area contributed by atoms with Crippen LogP contribution in [0.1, 0.15) is 22.8 Å². The lowest BCUT2D eigenvalue weighted by atomic mass is 10.1. The number of carbonyl (C=O) groups is 2. The van der Waals surface area contributed by atoms with Gasteiger partial charge in [0.05, 0.1) is 6.54 Å². The van der Waals surface area contributed by atoms with Crippen LogP contribution in [-0.4, -0.2) is 59.3 Å². The number of likely N-dealkylation sites (N-methyl/N-ethyl adjacent to an activating group) is 1. The third kappa shape index (κ3) is 6.49. The third-order valence-electron chi connectivity index (χ3n) is 4.80. The first-order valence-electron chi connectivity index (χ1n) is 9.79. The summed E-state index contributed by atoms with van der Waals surface area (Å²) < 4.78 is 0. The van der Waals surface area contributed by atoms with Gasteiger partial charge >= 0.3 is 0 Å². The van der Waals surface area contributed by atoms with Gasteiger partial charge in [0.15, 0.2) is 0 Å². The molecular formula is C22H26ClN3O2S. The van der Waals surface area contributed by atoms with Gasteiger partial charge in [-0.25, -0.2) is 0 Å². The Balaban J connectivity index is 1.58. The number of amides is 2. The average Bonchev–Trinajstić information content (AvgIpc) is 2.73. The molecule has 154 valence electrons. The van der Waals surface area contributed by atoms with Gasteiger partial charge in [-0.05, 0) is 42.4 Å². The molecule has 0 bridgehead atoms. The minimum atomic E-state index is -0.104. The molecule has 2 aromatic rings. The van der Waals surface area contributed by atoms with Gasteiger partial charge in [0, 0.05) is 47.4 Å². The fourth-order valence-corrected chi connectivity index (χ4v) is 4.37. The van der Waals surface area contributed by atoms with Crippen molar-refractivity contribution < 1.29 is 9.59 Å². The van der Waals surface area contributed by atoms with Crippen LogP contribution in [0.15, 0.2) is 48.5 Å². The van der Waals surface area contributed by atoms with Crippen molar-refractivity contribution in [2.75, 3.05) is 43.0 Å². The first-order chi connectivity index (χ1) is 14.0. The Hall–Kier alpha value is -2.02. The van der Waals surface area contributed by atoms with E-state index in [4.69, 9.17) is 11.6 Å². The topological polar surface area (TPSA) is 52.7 Å². The summed E-state index contributed by atoms with van der Waals surface area (Å²) in [5.41, 5.74) is 2.33. The normalized spacial score (nSPS) is 14.1. The molecule has 2 aromatic carbocycles. The quantitative estimate of drug-likeness (QED) is 0.720. The van der Waals surface area contributed by atoms with Crippen molar-refractivity contribution in [3.8, 4) is 0 Å². The van der Waals surface area contributed by atoms with Gasteiger partial charge in [-0.2, -0.15) is 11.8 Å². The van der Waals surface area contributed by atoms with E-state index in [1.54, 1.807) is 12.1 Å². The average molecular weight is 432 g/mol. The highest BCUT2D eigenvalue weighted by atomic mass is 35.5. The van der Waals surface area contributed by atoms with Gasteiger partial charge < -0.3 is 10.2 Å². The zero-order valence-corrected chi connectivity index (χ0v) is 18.1. The highest BCUT2D eigenvalue weighted by Gasteiger charge is 2.19. The number of anilines is 1. The van der Waals surface area contributed by atoms with Crippen LogP contribution in [0.5, 0.6) is 0 Å². The molecule has 7 heteroatoms. The number of thioether (sulfide) groups is 1. The molecule has 1 aliphatic rings. The number of nitrogens with zero attached hydrogens (tertiary/aromatic N) is 2. The summed E-state index contributed by atoms with van der Waals surface area (Å²) in [6.45, 7) is 5.23. The standard InChI is InChI=1S/C22H26ClN3O2S/c1-2-25(15-17-5-3-7-19(23)13-17)16-21(27)24-20-8-4-6-18(14-20)22(28)26-9-11-29-12-10-26/h3-8,13-14H,2,9-12,15-16H2,1H3,(H,24,27). The Morgan fingerprint density at radius 1 is 1.14 bits per heavy atom. The van der Waals surface area contributed by atoms with E-state index in [9.17, 15) is 9.59 Å². The van der Waals surface area contributed by atoms with E-state index >= 15 is 0 Å². The highest BCUT2D eigenvalue weighted by molar-refractivity contribution is 7.99. The number of hydrogen-bond acceptors (Lipinski definition) is 4. The molecule has 1 aliphatic heterocycles. The summed E-state index contributed by atoms with van der Waals surface area (Å²) in [6.07, 6.45) is 0. The SMILES string of the molecule is CCN(CC(=O)Nc1cccc(C(=O)N2CCSCC2)c1)Cc1cccc(Cl)c1. The van der Waals surface area contributed by atoms with E-state index in [0.29, 0.717) is 22.8 Å². The Bertz CT molecular complexity index is 855. The van der Waals surface area contributed by atoms with Crippen LogP contribution in [0.4, 0.5) is 5.69 Å². The Morgan fingerprint density at radius 3 is 2.62 bits per heavy atom. The first-order valence-corrected chi connectivity index (χ1v) is 11.3. The van der Waals surface area contributed by atoms with Crippen LogP contribution in [0.3, 0.4) is 0 Å². The van der Waals surface area contributed by atoms with E-state index in [1.807, 2.05) is 64.9 Å². The molecule has 29 heavy (non-hydrogen) atoms. The number of carbonyl (C=O) groups excluding carboxylic acids is 2. The Labute approximate surface area is 181 Å². The second kappa shape index (κ2) is 10.7. The molecule has 0 unspecified atom stereocenters. The summed E-state index contributed by atoms with van der Waals surface area (Å²) in [6, 6.07) is 14.8. The van der Waals surface area contributed by atoms with E-state index in [1.165, 1.54) is 0 Å². The smallest absolute Gasteiger partial charge is 0.253 e. The summed E-state index contributed by atoms with van der Waals surface area (Å²) in [5, 5.41) is 3.61. The summed E-state index contributed by atoms with van der Waals surface area (Å²) in [5.74, 6) is 1.87. The highest BCUT2D eigenvalue weighted by Crippen LogP contribution is 2.17. The molecule has 0 radical (unpaired) electrons. The molecule has 0 atom stereocenters. The summed E-state index contributed by atoms with van der Waals surface area (Å²) in [7, 11) is 0. The van der Waals surface area contributed by atoms with Gasteiger partial charge in [-0.1, -0.05) is 36.7 Å². The van der Waals surface area contributed by atoms with Crippen molar-refractivity contribution in [3.63, 3.8) is 0 Å². The predicted molar refractivity (Wildman–Crippen MR) is 121 cm³/mol. The van der Waals surface area contributed by atoms with Crippen LogP contribution >= 0.6 is 23.4 Å². The van der Waals surface area contributed by atoms with Gasteiger partial charge in [0.25, 0.3) is 5.91 Å². The lowest BCUT2D eigenvalue weighted by Crippen LogP contribution is -2.38. The van der Waals surface area contributed by atoms with Crippen LogP contribution in [0.2, 0.25) is 5.02 Å². The van der Waals surface area contributed by atoms with Gasteiger partial charge in [-0.3, -0.25) is 14.5 Å². The minimum Gasteiger partial charge on any atom is -0.337 e. The minimum absolute atomic E-state index is 0.0255. The van der Waals surface area contributed by atoms with Crippen molar-refractivity contribution in [2.45, 2.75) is 13.5 Å². The first kappa shape index (κ1) is 21.7. The number of nitrogens with one attached hydrogen (secondary N) is 1. The maximum atomic E-state index is 12.7. The Kier molecular flexibility index (Phi) is 7.98. The largest absolute Gasteiger partial charge is 0.337 e. The number of halogens is 1. The van der Waals surface area contributed by atoms with E-state index in [0.717, 1.165) is 36.7 Å². The fourth-order valence-electron chi connectivity index (χ4n) is 3.26. The van der Waals surface area contributed by atoms with Crippen molar-refractivity contribution >= 4 is 40.9 Å². The summed E-state index contributed by atoms with van der Waals surface area (Å²) >= 11 is 7.92. The van der Waals surface area contributed by atoms with Gasteiger partial charge in [0.1, 0.15) is 0 Å². The van der Waals surface area contributed by atoms with Crippen molar-refractivity contribution in [1.82, 2.24) is 9.80 Å². The second-order valence-electron chi connectivity index (χ2n) is 6.97.